The van der Waals surface area contributed by atoms with Gasteiger partial charge in [-0.2, -0.15) is 0 Å². The van der Waals surface area contributed by atoms with Crippen molar-refractivity contribution >= 4 is 34.4 Å². The van der Waals surface area contributed by atoms with Crippen molar-refractivity contribution in [2.75, 3.05) is 5.32 Å². The summed E-state index contributed by atoms with van der Waals surface area (Å²) in [4.78, 5) is 58.1. The van der Waals surface area contributed by atoms with Gasteiger partial charge in [-0.05, 0) is 49.6 Å². The van der Waals surface area contributed by atoms with Crippen molar-refractivity contribution in [2.24, 2.45) is 4.99 Å². The Balaban J connectivity index is 1.58. The Kier molecular flexibility index (Phi) is 7.11. The Morgan fingerprint density at radius 2 is 1.78 bits per heavy atom. The maximum absolute atomic E-state index is 12.6. The first kappa shape index (κ1) is 25.0. The molecule has 0 aliphatic carbocycles. The van der Waals surface area contributed by atoms with E-state index < -0.39 is 34.3 Å². The minimum atomic E-state index is -1.02. The lowest BCUT2D eigenvalue weighted by Gasteiger charge is -2.15. The molecule has 10 nitrogen and oxygen atoms in total. The first-order valence-corrected chi connectivity index (χ1v) is 12.0. The fourth-order valence-electron chi connectivity index (χ4n) is 3.71. The molecule has 186 valence electrons. The van der Waals surface area contributed by atoms with E-state index in [0.29, 0.717) is 11.3 Å². The topological polar surface area (TPSA) is 157 Å². The fraction of sp³-hybridized carbons (Fsp3) is 0.240. The molecule has 2 amide bonds. The zero-order valence-corrected chi connectivity index (χ0v) is 20.7. The maximum atomic E-state index is 12.6. The number of H-pyrrole nitrogens is 2. The summed E-state index contributed by atoms with van der Waals surface area (Å²) in [7, 11) is 0. The van der Waals surface area contributed by atoms with E-state index in [1.165, 1.54) is 0 Å². The largest absolute Gasteiger partial charge is 0.494 e. The van der Waals surface area contributed by atoms with E-state index in [1.807, 2.05) is 45.0 Å². The van der Waals surface area contributed by atoms with Gasteiger partial charge in [0.15, 0.2) is 5.17 Å². The Bertz CT molecular complexity index is 1480. The van der Waals surface area contributed by atoms with Crippen LogP contribution in [0.4, 0.5) is 5.69 Å². The van der Waals surface area contributed by atoms with Crippen molar-refractivity contribution in [3.8, 4) is 5.88 Å². The Morgan fingerprint density at radius 1 is 1.06 bits per heavy atom. The highest BCUT2D eigenvalue weighted by Gasteiger charge is 2.33. The Hall–Kier alpha value is -4.12. The first-order chi connectivity index (χ1) is 17.1. The number of amides is 2. The van der Waals surface area contributed by atoms with Crippen molar-refractivity contribution in [1.29, 1.82) is 0 Å². The summed E-state index contributed by atoms with van der Waals surface area (Å²) in [6.07, 6.45) is -0.0812. The van der Waals surface area contributed by atoms with E-state index in [2.05, 4.69) is 25.6 Å². The van der Waals surface area contributed by atoms with Gasteiger partial charge in [0.1, 0.15) is 16.9 Å². The third-order valence-electron chi connectivity index (χ3n) is 5.81. The molecule has 2 aromatic carbocycles. The monoisotopic (exact) mass is 507 g/mol. The summed E-state index contributed by atoms with van der Waals surface area (Å²) in [5.74, 6) is -1.33. The summed E-state index contributed by atoms with van der Waals surface area (Å²) < 4.78 is 0. The van der Waals surface area contributed by atoms with Crippen LogP contribution < -0.4 is 21.9 Å². The number of hydrogen-bond donors (Lipinski definition) is 5. The molecule has 3 aromatic rings. The molecule has 0 bridgehead atoms. The molecule has 0 spiro atoms. The number of aromatic nitrogens is 2. The molecule has 1 aliphatic rings. The third kappa shape index (κ3) is 5.57. The number of amidine groups is 1. The predicted molar refractivity (Wildman–Crippen MR) is 138 cm³/mol. The molecule has 5 N–H and O–H groups in total. The minimum Gasteiger partial charge on any atom is -0.494 e. The summed E-state index contributed by atoms with van der Waals surface area (Å²) in [6.45, 7) is 5.82. The predicted octanol–water partition coefficient (Wildman–Crippen LogP) is 2.40. The third-order valence-corrected chi connectivity index (χ3v) is 6.91. The molecule has 1 aromatic heterocycles. The smallest absolute Gasteiger partial charge is 0.328 e. The van der Waals surface area contributed by atoms with Crippen LogP contribution in [0, 0.1) is 20.8 Å². The molecule has 1 aliphatic heterocycles. The van der Waals surface area contributed by atoms with Crippen molar-refractivity contribution in [3.63, 3.8) is 0 Å². The number of rotatable bonds is 6. The number of aryl methyl sites for hydroxylation is 3. The van der Waals surface area contributed by atoms with Crippen LogP contribution in [0.1, 0.15) is 40.3 Å². The number of benzene rings is 2. The van der Waals surface area contributed by atoms with Crippen LogP contribution in [0.15, 0.2) is 57.0 Å². The second-order valence-corrected chi connectivity index (χ2v) is 9.76. The van der Waals surface area contributed by atoms with Crippen LogP contribution in [-0.2, 0) is 9.59 Å². The average molecular weight is 508 g/mol. The van der Waals surface area contributed by atoms with Gasteiger partial charge in [0.25, 0.3) is 5.56 Å². The molecule has 1 saturated heterocycles. The first-order valence-electron chi connectivity index (χ1n) is 11.1. The number of thioether (sulfide) groups is 1. The van der Waals surface area contributed by atoms with Crippen molar-refractivity contribution in [3.05, 3.63) is 91.1 Å². The van der Waals surface area contributed by atoms with Gasteiger partial charge >= 0.3 is 5.69 Å². The summed E-state index contributed by atoms with van der Waals surface area (Å²) >= 11 is 1.06. The van der Waals surface area contributed by atoms with Gasteiger partial charge in [-0.15, -0.1) is 0 Å². The maximum Gasteiger partial charge on any atom is 0.328 e. The van der Waals surface area contributed by atoms with Crippen LogP contribution in [0.2, 0.25) is 0 Å². The minimum absolute atomic E-state index is 0.0812. The standard InChI is InChI=1S/C25H25N5O5S/c1-12-4-7-15(8-5-12)20(19-22(33)28-24(35)29-23(19)34)27-25-30-21(32)17(36-25)11-18(31)26-16-9-6-13(2)14(3)10-16/h4-10,17,20H,11H2,1-3H3,(H,26,31)(H,27,30,32)(H3,28,29,33,34,35)/t17-,20+/m1/s1. The van der Waals surface area contributed by atoms with Crippen LogP contribution in [-0.4, -0.2) is 37.3 Å². The number of nitrogens with zero attached hydrogens (tertiary/aromatic N) is 1. The van der Waals surface area contributed by atoms with Crippen molar-refractivity contribution < 1.29 is 14.7 Å². The number of aromatic hydroxyl groups is 1. The number of carbonyl (C=O) groups is 2. The van der Waals surface area contributed by atoms with Gasteiger partial charge in [-0.3, -0.25) is 24.4 Å². The lowest BCUT2D eigenvalue weighted by atomic mass is 10.00. The molecule has 0 radical (unpaired) electrons. The number of hydrogen-bond acceptors (Lipinski definition) is 7. The van der Waals surface area contributed by atoms with Gasteiger partial charge in [-0.25, -0.2) is 9.79 Å². The summed E-state index contributed by atoms with van der Waals surface area (Å²) in [5, 5.41) is 15.3. The van der Waals surface area contributed by atoms with Gasteiger partial charge in [0.2, 0.25) is 17.7 Å². The summed E-state index contributed by atoms with van der Waals surface area (Å²) in [5.41, 5.74) is 2.51. The highest BCUT2D eigenvalue weighted by atomic mass is 32.2. The number of aliphatic imine (C=N–C) groups is 1. The number of carbonyl (C=O) groups excluding carboxylic acids is 2. The van der Waals surface area contributed by atoms with E-state index in [-0.39, 0.29) is 23.1 Å². The van der Waals surface area contributed by atoms with Gasteiger partial charge in [0, 0.05) is 12.1 Å². The molecular weight excluding hydrogens is 482 g/mol. The molecule has 0 unspecified atom stereocenters. The molecule has 0 saturated carbocycles. The van der Waals surface area contributed by atoms with Gasteiger partial charge < -0.3 is 15.7 Å². The van der Waals surface area contributed by atoms with E-state index in [9.17, 15) is 24.3 Å². The van der Waals surface area contributed by atoms with E-state index >= 15 is 0 Å². The molecular formula is C25H25N5O5S. The van der Waals surface area contributed by atoms with Crippen LogP contribution in [0.25, 0.3) is 0 Å². The van der Waals surface area contributed by atoms with Crippen molar-refractivity contribution in [2.45, 2.75) is 38.5 Å². The lowest BCUT2D eigenvalue weighted by Crippen LogP contribution is -2.29. The van der Waals surface area contributed by atoms with Crippen LogP contribution in [0.3, 0.4) is 0 Å². The molecule has 1 fully saturated rings. The molecule has 11 heteroatoms. The van der Waals surface area contributed by atoms with Crippen molar-refractivity contribution in [1.82, 2.24) is 15.3 Å². The molecule has 2 heterocycles. The zero-order valence-electron chi connectivity index (χ0n) is 19.8. The molecule has 4 rings (SSSR count). The Morgan fingerprint density at radius 3 is 2.44 bits per heavy atom. The van der Waals surface area contributed by atoms with Gasteiger partial charge in [0.05, 0.1) is 0 Å². The second kappa shape index (κ2) is 10.2. The fourth-order valence-corrected chi connectivity index (χ4v) is 4.71. The lowest BCUT2D eigenvalue weighted by molar-refractivity contribution is -0.122. The highest BCUT2D eigenvalue weighted by Crippen LogP contribution is 2.32. The van der Waals surface area contributed by atoms with Gasteiger partial charge in [-0.1, -0.05) is 47.7 Å². The number of anilines is 1. The quantitative estimate of drug-likeness (QED) is 0.345. The SMILES string of the molecule is Cc1ccc([C@H](N=C2NC(=O)[C@@H](CC(=O)Nc3ccc(C)c(C)c3)S2)c2c(O)[nH]c(=O)[nH]c2=O)cc1. The zero-order chi connectivity index (χ0) is 26.0. The average Bonchev–Trinajstić information content (AvgIpc) is 3.14. The van der Waals surface area contributed by atoms with Crippen LogP contribution >= 0.6 is 11.8 Å². The van der Waals surface area contributed by atoms with Crippen LogP contribution in [0.5, 0.6) is 5.88 Å². The normalized spacial score (nSPS) is 17.1. The Labute approximate surface area is 210 Å². The summed E-state index contributed by atoms with van der Waals surface area (Å²) in [6, 6.07) is 11.7. The second-order valence-electron chi connectivity index (χ2n) is 8.57. The molecule has 36 heavy (non-hydrogen) atoms. The molecule has 2 atom stereocenters. The van der Waals surface area contributed by atoms with E-state index in [4.69, 9.17) is 0 Å². The number of aromatic amines is 2. The van der Waals surface area contributed by atoms with E-state index in [1.54, 1.807) is 18.2 Å². The number of nitrogens with one attached hydrogen (secondary N) is 4. The van der Waals surface area contributed by atoms with E-state index in [0.717, 1.165) is 28.5 Å². The highest BCUT2D eigenvalue weighted by molar-refractivity contribution is 8.15.